The van der Waals surface area contributed by atoms with Crippen molar-refractivity contribution in [3.63, 3.8) is 0 Å². The molecule has 2 aromatic carbocycles. The van der Waals surface area contributed by atoms with Gasteiger partial charge in [-0.25, -0.2) is 0 Å². The first-order valence-electron chi connectivity index (χ1n) is 12.6. The molecule has 2 aromatic rings. The largest absolute Gasteiger partial charge is 0.0917 e. The topological polar surface area (TPSA) is 0 Å². The van der Waals surface area contributed by atoms with Crippen LogP contribution in [0.4, 0.5) is 0 Å². The Kier molecular flexibility index (Phi) is 7.47. The van der Waals surface area contributed by atoms with Gasteiger partial charge in [0.2, 0.25) is 0 Å². The van der Waals surface area contributed by atoms with Crippen molar-refractivity contribution in [1.29, 1.82) is 0 Å². The predicted molar refractivity (Wildman–Crippen MR) is 131 cm³/mol. The number of hydrogen-bond acceptors (Lipinski definition) is 0. The van der Waals surface area contributed by atoms with E-state index in [1.165, 1.54) is 81.8 Å². The Hall–Kier alpha value is -1.82. The van der Waals surface area contributed by atoms with Gasteiger partial charge in [0, 0.05) is 0 Å². The monoisotopic (exact) mass is 400 g/mol. The number of fused-ring (bicyclic) bond motifs is 1. The summed E-state index contributed by atoms with van der Waals surface area (Å²) < 4.78 is 0. The molecular weight excluding hydrogens is 360 g/mol. The maximum atomic E-state index is 2.47. The van der Waals surface area contributed by atoms with Crippen LogP contribution in [-0.2, 0) is 12.8 Å². The Labute approximate surface area is 184 Å². The fourth-order valence-electron chi connectivity index (χ4n) is 5.90. The zero-order chi connectivity index (χ0) is 20.8. The second-order valence-electron chi connectivity index (χ2n) is 9.87. The predicted octanol–water partition coefficient (Wildman–Crippen LogP) is 8.89. The van der Waals surface area contributed by atoms with E-state index < -0.39 is 0 Å². The van der Waals surface area contributed by atoms with Crippen molar-refractivity contribution in [3.8, 4) is 11.1 Å². The maximum absolute atomic E-state index is 2.47. The molecule has 0 radical (unpaired) electrons. The SMILES string of the molecule is C/C=C/CCC1CCC(c2ccc(-c3ccc4c(c3)CCC(CCC)C4)cc2)CC1. The molecule has 2 aliphatic rings. The average molecular weight is 401 g/mol. The fraction of sp³-hybridized carbons (Fsp3) is 0.533. The number of benzene rings is 2. The summed E-state index contributed by atoms with van der Waals surface area (Å²) in [5, 5.41) is 0. The van der Waals surface area contributed by atoms with Crippen molar-refractivity contribution in [2.45, 2.75) is 90.4 Å². The average Bonchev–Trinajstić information content (AvgIpc) is 2.80. The first kappa shape index (κ1) is 21.4. The molecule has 0 nitrogen and oxygen atoms in total. The molecule has 4 rings (SSSR count). The van der Waals surface area contributed by atoms with E-state index in [-0.39, 0.29) is 0 Å². The van der Waals surface area contributed by atoms with Gasteiger partial charge < -0.3 is 0 Å². The smallest absolute Gasteiger partial charge is 0.0162 e. The van der Waals surface area contributed by atoms with Crippen LogP contribution >= 0.6 is 0 Å². The van der Waals surface area contributed by atoms with Gasteiger partial charge in [0.15, 0.2) is 0 Å². The summed E-state index contributed by atoms with van der Waals surface area (Å²) in [4.78, 5) is 0. The van der Waals surface area contributed by atoms with Gasteiger partial charge in [0.1, 0.15) is 0 Å². The summed E-state index contributed by atoms with van der Waals surface area (Å²) in [6.45, 7) is 4.45. The number of hydrogen-bond donors (Lipinski definition) is 0. The molecule has 0 bridgehead atoms. The van der Waals surface area contributed by atoms with Crippen LogP contribution in [0.1, 0.15) is 94.2 Å². The highest BCUT2D eigenvalue weighted by molar-refractivity contribution is 5.65. The van der Waals surface area contributed by atoms with Gasteiger partial charge in [0.25, 0.3) is 0 Å². The van der Waals surface area contributed by atoms with E-state index >= 15 is 0 Å². The molecule has 0 amide bonds. The van der Waals surface area contributed by atoms with Crippen molar-refractivity contribution in [1.82, 2.24) is 0 Å². The molecule has 0 aromatic heterocycles. The molecule has 1 fully saturated rings. The minimum absolute atomic E-state index is 0.774. The van der Waals surface area contributed by atoms with Gasteiger partial charge in [0.05, 0.1) is 0 Å². The highest BCUT2D eigenvalue weighted by Gasteiger charge is 2.22. The third kappa shape index (κ3) is 5.26. The minimum atomic E-state index is 0.774. The zero-order valence-electron chi connectivity index (χ0n) is 19.2. The molecule has 0 heteroatoms. The van der Waals surface area contributed by atoms with Crippen molar-refractivity contribution in [3.05, 3.63) is 71.3 Å². The lowest BCUT2D eigenvalue weighted by Crippen LogP contribution is -2.14. The van der Waals surface area contributed by atoms with Crippen LogP contribution in [0.15, 0.2) is 54.6 Å². The van der Waals surface area contributed by atoms with Gasteiger partial charge in [-0.1, -0.05) is 74.4 Å². The van der Waals surface area contributed by atoms with Crippen molar-refractivity contribution >= 4 is 0 Å². The Morgan fingerprint density at radius 1 is 0.800 bits per heavy atom. The van der Waals surface area contributed by atoms with Crippen molar-refractivity contribution < 1.29 is 0 Å². The van der Waals surface area contributed by atoms with Crippen LogP contribution < -0.4 is 0 Å². The fourth-order valence-corrected chi connectivity index (χ4v) is 5.90. The Morgan fingerprint density at radius 3 is 2.30 bits per heavy atom. The molecule has 0 heterocycles. The van der Waals surface area contributed by atoms with Gasteiger partial charge in [-0.15, -0.1) is 0 Å². The highest BCUT2D eigenvalue weighted by atomic mass is 14.3. The molecular formula is C30H40. The lowest BCUT2D eigenvalue weighted by atomic mass is 9.77. The van der Waals surface area contributed by atoms with E-state index in [4.69, 9.17) is 0 Å². The van der Waals surface area contributed by atoms with Crippen LogP contribution in [0.3, 0.4) is 0 Å². The van der Waals surface area contributed by atoms with Crippen molar-refractivity contribution in [2.75, 3.05) is 0 Å². The standard InChI is InChI=1S/C30H40/c1-3-5-6-8-23-9-12-25(13-10-23)26-15-17-27(18-16-26)29-20-19-28-21-24(7-4-2)11-14-30(28)22-29/h3,5,15-20,22-25H,4,6-14,21H2,1-2H3/b5-3+. The molecule has 1 saturated carbocycles. The van der Waals surface area contributed by atoms with Crippen LogP contribution in [0.2, 0.25) is 0 Å². The number of rotatable bonds is 7. The first-order valence-corrected chi connectivity index (χ1v) is 12.6. The van der Waals surface area contributed by atoms with Gasteiger partial charge in [-0.3, -0.25) is 0 Å². The van der Waals surface area contributed by atoms with Gasteiger partial charge in [-0.05, 0) is 110 Å². The zero-order valence-corrected chi connectivity index (χ0v) is 19.2. The van der Waals surface area contributed by atoms with E-state index in [0.29, 0.717) is 0 Å². The summed E-state index contributed by atoms with van der Waals surface area (Å²) in [7, 11) is 0. The third-order valence-electron chi connectivity index (χ3n) is 7.77. The second-order valence-corrected chi connectivity index (χ2v) is 9.87. The summed E-state index contributed by atoms with van der Waals surface area (Å²) >= 11 is 0. The molecule has 0 N–H and O–H groups in total. The Morgan fingerprint density at radius 2 is 1.57 bits per heavy atom. The molecule has 30 heavy (non-hydrogen) atoms. The number of allylic oxidation sites excluding steroid dienone is 2. The lowest BCUT2D eigenvalue weighted by Gasteiger charge is -2.28. The molecule has 160 valence electrons. The Bertz CT molecular complexity index is 818. The summed E-state index contributed by atoms with van der Waals surface area (Å²) in [6, 6.07) is 16.8. The van der Waals surface area contributed by atoms with Crippen LogP contribution in [-0.4, -0.2) is 0 Å². The molecule has 1 atom stereocenters. The highest BCUT2D eigenvalue weighted by Crippen LogP contribution is 2.38. The first-order chi connectivity index (χ1) is 14.8. The molecule has 0 saturated heterocycles. The van der Waals surface area contributed by atoms with Crippen LogP contribution in [0.5, 0.6) is 0 Å². The van der Waals surface area contributed by atoms with E-state index in [0.717, 1.165) is 17.8 Å². The van der Waals surface area contributed by atoms with Crippen LogP contribution in [0, 0.1) is 11.8 Å². The van der Waals surface area contributed by atoms with Gasteiger partial charge in [-0.2, -0.15) is 0 Å². The molecule has 2 aliphatic carbocycles. The quantitative estimate of drug-likeness (QED) is 0.407. The normalized spacial score (nSPS) is 24.1. The second kappa shape index (κ2) is 10.5. The van der Waals surface area contributed by atoms with E-state index in [1.54, 1.807) is 16.7 Å². The maximum Gasteiger partial charge on any atom is -0.0162 e. The number of aryl methyl sites for hydroxylation is 1. The van der Waals surface area contributed by atoms with Crippen molar-refractivity contribution in [2.24, 2.45) is 11.8 Å². The third-order valence-corrected chi connectivity index (χ3v) is 7.77. The summed E-state index contributed by atoms with van der Waals surface area (Å²) in [5.41, 5.74) is 7.55. The summed E-state index contributed by atoms with van der Waals surface area (Å²) in [6.07, 6.45) is 19.4. The Balaban J connectivity index is 1.36. The van der Waals surface area contributed by atoms with Crippen LogP contribution in [0.25, 0.3) is 11.1 Å². The molecule has 1 unspecified atom stereocenters. The van der Waals surface area contributed by atoms with E-state index in [2.05, 4.69) is 68.5 Å². The van der Waals surface area contributed by atoms with Gasteiger partial charge >= 0.3 is 0 Å². The summed E-state index contributed by atoms with van der Waals surface area (Å²) in [5.74, 6) is 2.63. The molecule has 0 aliphatic heterocycles. The lowest BCUT2D eigenvalue weighted by molar-refractivity contribution is 0.312. The van der Waals surface area contributed by atoms with E-state index in [1.807, 2.05) is 0 Å². The minimum Gasteiger partial charge on any atom is -0.0917 e. The van der Waals surface area contributed by atoms with E-state index in [9.17, 15) is 0 Å². The molecule has 0 spiro atoms.